The quantitative estimate of drug-likeness (QED) is 0.0153. The summed E-state index contributed by atoms with van der Waals surface area (Å²) < 4.78 is 46.2. The van der Waals surface area contributed by atoms with Crippen LogP contribution in [0.5, 0.6) is 69.0 Å². The smallest absolute Gasteiger partial charge is 0.297 e. The monoisotopic (exact) mass is 1830 g/mol. The number of rotatable bonds is 28. The van der Waals surface area contributed by atoms with Gasteiger partial charge in [-0.15, -0.1) is 45.3 Å². The molecule has 12 aromatic carbocycles. The third-order valence-electron chi connectivity index (χ3n) is 21.8. The van der Waals surface area contributed by atoms with Gasteiger partial charge >= 0.3 is 0 Å². The zero-order chi connectivity index (χ0) is 94.1. The molecule has 0 aliphatic rings. The Hall–Kier alpha value is -15.6. The van der Waals surface area contributed by atoms with Gasteiger partial charge in [-0.3, -0.25) is 38.4 Å². The maximum absolute atomic E-state index is 13.7. The van der Waals surface area contributed by atoms with E-state index in [4.69, 9.17) is 18.9 Å². The molecule has 20 nitrogen and oxygen atoms in total. The molecule has 0 fully saturated rings. The van der Waals surface area contributed by atoms with Crippen molar-refractivity contribution in [2.24, 2.45) is 0 Å². The first kappa shape index (κ1) is 94.0. The SMILES string of the molecule is Cc1cc(C(=O)c2sc3cc(O)ccc3c2Oc2ccc(/C=C/OC=O)cc2)cc(C)c1C.Cc1cc(C)c(C(=O)c2sc3cc(O)ccc3c2Oc2ccc(/C=C/OC=O)cc2)c(C)c1.Cc1cc(C)c(C(=O)c2sc3cc(O)ccc3c2Oc2ccc(/C=C/OC=O)cc2)cc1C.Cc1ccc(C(=O)c2sc3cc(O)ccc3c2Oc2ccc(/C=C/OC=O)cc2)c(C)c1C. The molecule has 16 rings (SSSR count). The van der Waals surface area contributed by atoms with Crippen LogP contribution in [-0.4, -0.2) is 69.4 Å². The van der Waals surface area contributed by atoms with Crippen LogP contribution >= 0.6 is 45.3 Å². The lowest BCUT2D eigenvalue weighted by molar-refractivity contribution is -0.124. The number of fused-ring (bicyclic) bond motifs is 4. The predicted octanol–water partition coefficient (Wildman–Crippen LogP) is 26.8. The molecule has 4 heterocycles. The van der Waals surface area contributed by atoms with Crippen molar-refractivity contribution in [3.05, 3.63) is 374 Å². The minimum Gasteiger partial charge on any atom is -0.508 e. The lowest BCUT2D eigenvalue weighted by atomic mass is 9.95. The van der Waals surface area contributed by atoms with Crippen LogP contribution in [0.2, 0.25) is 0 Å². The van der Waals surface area contributed by atoms with E-state index in [1.165, 1.54) is 70.4 Å². The standard InChI is InChI=1S/4C27H22O5S/c1-16-4-10-22(18(3)17(16)2)25(30)27-26(23-11-7-20(29)14-24(23)33-27)32-21-8-5-19(6-9-21)12-13-31-15-28;1-16-12-20(13-17(2)18(16)3)25(30)27-26(23-9-6-21(29)14-24(23)33-27)32-22-7-4-19(5-8-22)10-11-31-15-28;1-16-12-18(3)23(13-17(16)2)25(30)27-26(22-9-6-20(29)14-24(22)33-27)32-21-7-4-19(5-8-21)10-11-31-15-28;1-16-12-17(2)24(18(3)13-16)25(30)27-26(22-9-6-20(29)14-23(22)33-27)32-21-7-4-19(5-8-21)10-11-31-15-28/h4*4-15,29H,1-3H3/b13-12+;3*11-10+. The normalized spacial score (nSPS) is 11.1. The van der Waals surface area contributed by atoms with Gasteiger partial charge in [-0.2, -0.15) is 0 Å². The summed E-state index contributed by atoms with van der Waals surface area (Å²) in [6.07, 6.45) is 11.8. The van der Waals surface area contributed by atoms with E-state index in [0.717, 1.165) is 129 Å². The van der Waals surface area contributed by atoms with Crippen molar-refractivity contribution in [2.45, 2.75) is 83.1 Å². The van der Waals surface area contributed by atoms with Crippen LogP contribution in [-0.2, 0) is 38.1 Å². The Morgan fingerprint density at radius 2 is 0.568 bits per heavy atom. The van der Waals surface area contributed by atoms with Gasteiger partial charge in [0, 0.05) is 62.6 Å². The van der Waals surface area contributed by atoms with Gasteiger partial charge in [-0.05, 0) is 330 Å². The average molecular weight is 1830 g/mol. The second-order valence-corrected chi connectivity index (χ2v) is 35.1. The van der Waals surface area contributed by atoms with Crippen LogP contribution < -0.4 is 18.9 Å². The van der Waals surface area contributed by atoms with Crippen LogP contribution in [0.15, 0.2) is 243 Å². The van der Waals surface area contributed by atoms with Gasteiger partial charge in [0.1, 0.15) is 65.5 Å². The summed E-state index contributed by atoms with van der Waals surface area (Å²) >= 11 is 5.20. The number of aryl methyl sites for hydroxylation is 9. The highest BCUT2D eigenvalue weighted by Gasteiger charge is 2.30. The van der Waals surface area contributed by atoms with E-state index in [2.05, 4.69) is 18.9 Å². The molecule has 4 aromatic heterocycles. The zero-order valence-electron chi connectivity index (χ0n) is 73.7. The van der Waals surface area contributed by atoms with E-state index in [-0.39, 0.29) is 46.1 Å². The van der Waals surface area contributed by atoms with Crippen LogP contribution in [0, 0.1) is 83.1 Å². The van der Waals surface area contributed by atoms with E-state index in [9.17, 15) is 58.8 Å². The molecular formula is C108H88O20S4. The number of phenols is 4. The van der Waals surface area contributed by atoms with E-state index in [1.807, 2.05) is 180 Å². The van der Waals surface area contributed by atoms with Crippen LogP contribution in [0.3, 0.4) is 0 Å². The molecule has 132 heavy (non-hydrogen) atoms. The Kier molecular flexibility index (Phi) is 30.3. The fraction of sp³-hybridized carbons (Fsp3) is 0.111. The largest absolute Gasteiger partial charge is 0.508 e. The molecule has 0 aliphatic heterocycles. The number of carbonyl (C=O) groups excluding carboxylic acids is 8. The van der Waals surface area contributed by atoms with Gasteiger partial charge in [-0.1, -0.05) is 84.4 Å². The Labute approximate surface area is 776 Å². The first-order chi connectivity index (χ1) is 63.5. The number of benzene rings is 12. The molecule has 16 aromatic rings. The minimum absolute atomic E-state index is 0.105. The van der Waals surface area contributed by atoms with Gasteiger partial charge in [-0.25, -0.2) is 0 Å². The van der Waals surface area contributed by atoms with Crippen molar-refractivity contribution in [3.63, 3.8) is 0 Å². The van der Waals surface area contributed by atoms with Crippen LogP contribution in [0.4, 0.5) is 0 Å². The Morgan fingerprint density at radius 1 is 0.265 bits per heavy atom. The van der Waals surface area contributed by atoms with Gasteiger partial charge < -0.3 is 58.3 Å². The topological polar surface area (TPSA) is 291 Å². The maximum atomic E-state index is 13.7. The summed E-state index contributed by atoms with van der Waals surface area (Å²) in [6, 6.07) is 64.2. The number of hydrogen-bond acceptors (Lipinski definition) is 24. The molecule has 664 valence electrons. The third kappa shape index (κ3) is 22.2. The first-order valence-corrected chi connectivity index (χ1v) is 44.4. The van der Waals surface area contributed by atoms with E-state index in [0.29, 0.717) is 114 Å². The van der Waals surface area contributed by atoms with Crippen LogP contribution in [0.25, 0.3) is 64.6 Å². The van der Waals surface area contributed by atoms with Gasteiger partial charge in [0.05, 0.1) is 25.0 Å². The maximum Gasteiger partial charge on any atom is 0.297 e. The molecular weight excluding hydrogens is 1750 g/mol. The molecule has 0 spiro atoms. The average Bonchev–Trinajstić information content (AvgIpc) is 1.63. The Morgan fingerprint density at radius 3 is 0.894 bits per heavy atom. The van der Waals surface area contributed by atoms with Gasteiger partial charge in [0.15, 0.2) is 23.0 Å². The molecule has 0 amide bonds. The molecule has 0 saturated carbocycles. The summed E-state index contributed by atoms with van der Waals surface area (Å²) in [4.78, 5) is 97.4. The second-order valence-electron chi connectivity index (χ2n) is 30.8. The Bertz CT molecular complexity index is 7030. The summed E-state index contributed by atoms with van der Waals surface area (Å²) in [5.74, 6) is 4.15. The third-order valence-corrected chi connectivity index (χ3v) is 26.3. The molecule has 0 saturated heterocycles. The highest BCUT2D eigenvalue weighted by Crippen LogP contribution is 2.49. The number of thiophene rings is 4. The number of hydrogen-bond donors (Lipinski definition) is 4. The molecule has 0 radical (unpaired) electrons. The molecule has 0 atom stereocenters. The lowest BCUT2D eigenvalue weighted by Crippen LogP contribution is -2.06. The van der Waals surface area contributed by atoms with Crippen molar-refractivity contribution < 1.29 is 96.7 Å². The highest BCUT2D eigenvalue weighted by atomic mass is 32.1. The van der Waals surface area contributed by atoms with Gasteiger partial charge in [0.2, 0.25) is 23.1 Å². The van der Waals surface area contributed by atoms with Crippen LogP contribution in [0.1, 0.15) is 150 Å². The summed E-state index contributed by atoms with van der Waals surface area (Å²) in [5, 5.41) is 42.8. The summed E-state index contributed by atoms with van der Waals surface area (Å²) in [7, 11) is 0. The number of carbonyl (C=O) groups is 8. The van der Waals surface area contributed by atoms with Crippen molar-refractivity contribution in [2.75, 3.05) is 0 Å². The summed E-state index contributed by atoms with van der Waals surface area (Å²) in [6.45, 7) is 25.3. The molecule has 24 heteroatoms. The van der Waals surface area contributed by atoms with Crippen molar-refractivity contribution in [3.8, 4) is 69.0 Å². The zero-order valence-corrected chi connectivity index (χ0v) is 76.9. The molecule has 4 N–H and O–H groups in total. The number of ketones is 4. The minimum atomic E-state index is -0.123. The van der Waals surface area contributed by atoms with E-state index >= 15 is 0 Å². The highest BCUT2D eigenvalue weighted by molar-refractivity contribution is 7.22. The van der Waals surface area contributed by atoms with E-state index < -0.39 is 0 Å². The molecule has 0 bridgehead atoms. The number of ether oxygens (including phenoxy) is 8. The van der Waals surface area contributed by atoms with Crippen molar-refractivity contribution in [1.29, 1.82) is 0 Å². The number of phenolic OH excluding ortho intramolecular Hbond substituents is 4. The Balaban J connectivity index is 0.000000150. The molecule has 0 unspecified atom stereocenters. The molecule has 0 aliphatic carbocycles. The van der Waals surface area contributed by atoms with Crippen molar-refractivity contribution >= 4 is 159 Å². The van der Waals surface area contributed by atoms with Crippen molar-refractivity contribution in [1.82, 2.24) is 0 Å². The fourth-order valence-electron chi connectivity index (χ4n) is 14.5. The lowest BCUT2D eigenvalue weighted by Gasteiger charge is -2.12. The van der Waals surface area contributed by atoms with E-state index in [1.54, 1.807) is 146 Å². The predicted molar refractivity (Wildman–Crippen MR) is 521 cm³/mol. The first-order valence-electron chi connectivity index (χ1n) is 41.2. The fourth-order valence-corrected chi connectivity index (χ4v) is 19.0. The number of aromatic hydroxyl groups is 4. The summed E-state index contributed by atoms with van der Waals surface area (Å²) in [5.41, 5.74) is 18.3. The second kappa shape index (κ2) is 42.5. The van der Waals surface area contributed by atoms with Gasteiger partial charge in [0.25, 0.3) is 25.9 Å².